The number of tetrazole rings is 1. The van der Waals surface area contributed by atoms with Crippen molar-refractivity contribution in [3.05, 3.63) is 59.4 Å². The lowest BCUT2D eigenvalue weighted by molar-refractivity contribution is 0.0722. The van der Waals surface area contributed by atoms with Crippen LogP contribution in [0.25, 0.3) is 16.7 Å². The molecule has 6 nitrogen and oxygen atoms in total. The van der Waals surface area contributed by atoms with E-state index in [1.165, 1.54) is 11.8 Å². The summed E-state index contributed by atoms with van der Waals surface area (Å²) < 4.78 is 29.7. The molecule has 0 saturated heterocycles. The predicted octanol–water partition coefficient (Wildman–Crippen LogP) is 4.32. The molecule has 0 aliphatic heterocycles. The molecule has 2 aromatic carbocycles. The summed E-state index contributed by atoms with van der Waals surface area (Å²) in [4.78, 5) is 4.35. The van der Waals surface area contributed by atoms with Crippen LogP contribution in [0.5, 0.6) is 0 Å². The Hall–Kier alpha value is -2.81. The maximum atomic E-state index is 13.6. The molecule has 138 valence electrons. The molecule has 4 rings (SSSR count). The number of imidazole rings is 1. The number of hydrogen-bond acceptors (Lipinski definition) is 5. The number of nitrogens with zero attached hydrogens (tertiary/aromatic N) is 6. The fraction of sp³-hybridized carbons (Fsp3) is 0.222. The number of fused-ring (bicyclic) bond motifs is 1. The molecule has 27 heavy (non-hydrogen) atoms. The monoisotopic (exact) mass is 386 g/mol. The third-order valence-corrected chi connectivity index (χ3v) is 5.13. The molecule has 9 heteroatoms. The molecule has 0 spiro atoms. The van der Waals surface area contributed by atoms with Crippen LogP contribution in [-0.4, -0.2) is 29.8 Å². The lowest BCUT2D eigenvalue weighted by atomic mass is 10.1. The first-order valence-electron chi connectivity index (χ1n) is 8.27. The van der Waals surface area contributed by atoms with Gasteiger partial charge in [-0.3, -0.25) is 4.57 Å². The normalized spacial score (nSPS) is 11.6. The molecule has 2 heterocycles. The summed E-state index contributed by atoms with van der Waals surface area (Å²) in [5, 5.41) is 12.4. The summed E-state index contributed by atoms with van der Waals surface area (Å²) in [5.41, 5.74) is 3.99. The number of hydrogen-bond donors (Lipinski definition) is 0. The van der Waals surface area contributed by atoms with Crippen LogP contribution in [0.3, 0.4) is 0 Å². The largest absolute Gasteiger partial charge is 0.320 e. The molecular weight excluding hydrogens is 370 g/mol. The zero-order valence-corrected chi connectivity index (χ0v) is 15.5. The zero-order chi connectivity index (χ0) is 19.0. The van der Waals surface area contributed by atoms with Gasteiger partial charge in [-0.25, -0.2) is 4.98 Å². The van der Waals surface area contributed by atoms with Gasteiger partial charge in [-0.15, -0.1) is 5.10 Å². The fourth-order valence-electron chi connectivity index (χ4n) is 3.01. The summed E-state index contributed by atoms with van der Waals surface area (Å²) in [6.45, 7) is 1.33. The molecule has 0 saturated carbocycles. The van der Waals surface area contributed by atoms with E-state index in [2.05, 4.69) is 20.5 Å². The molecule has 0 aliphatic rings. The molecule has 0 atom stereocenters. The number of para-hydroxylation sites is 2. The van der Waals surface area contributed by atoms with Crippen molar-refractivity contribution in [2.75, 3.05) is 0 Å². The molecule has 0 unspecified atom stereocenters. The minimum absolute atomic E-state index is 0.226. The van der Waals surface area contributed by atoms with Crippen LogP contribution >= 0.6 is 11.8 Å². The Morgan fingerprint density at radius 2 is 1.93 bits per heavy atom. The molecule has 2 aromatic heterocycles. The van der Waals surface area contributed by atoms with E-state index < -0.39 is 6.55 Å². The van der Waals surface area contributed by atoms with Crippen LogP contribution < -0.4 is 0 Å². The number of thioether (sulfide) groups is 1. The topological polar surface area (TPSA) is 61.4 Å². The van der Waals surface area contributed by atoms with E-state index in [-0.39, 0.29) is 11.6 Å². The van der Waals surface area contributed by atoms with Crippen LogP contribution in [0.15, 0.2) is 47.6 Å². The summed E-state index contributed by atoms with van der Waals surface area (Å²) in [6, 6.07) is 12.8. The van der Waals surface area contributed by atoms with Crippen molar-refractivity contribution in [2.45, 2.75) is 31.3 Å². The van der Waals surface area contributed by atoms with Crippen LogP contribution in [0.1, 0.15) is 23.5 Å². The Morgan fingerprint density at radius 1 is 1.11 bits per heavy atom. The quantitative estimate of drug-likeness (QED) is 0.478. The Bertz CT molecular complexity index is 1100. The van der Waals surface area contributed by atoms with Gasteiger partial charge in [0.05, 0.1) is 22.5 Å². The smallest absolute Gasteiger partial charge is 0.269 e. The SMILES string of the molecule is Cc1ccc(-n2nnnc2SCc2nc3ccccc3n2C(F)F)c(C)c1. The van der Waals surface area contributed by atoms with Crippen molar-refractivity contribution in [1.82, 2.24) is 29.8 Å². The first-order chi connectivity index (χ1) is 13.0. The van der Waals surface area contributed by atoms with E-state index in [0.717, 1.165) is 21.4 Å². The highest BCUT2D eigenvalue weighted by molar-refractivity contribution is 7.98. The molecule has 4 aromatic rings. The van der Waals surface area contributed by atoms with E-state index in [4.69, 9.17) is 0 Å². The van der Waals surface area contributed by atoms with Gasteiger partial charge in [0.15, 0.2) is 0 Å². The average molecular weight is 386 g/mol. The van der Waals surface area contributed by atoms with Gasteiger partial charge in [0.1, 0.15) is 5.82 Å². The van der Waals surface area contributed by atoms with Gasteiger partial charge in [0, 0.05) is 0 Å². The fourth-order valence-corrected chi connectivity index (χ4v) is 3.82. The van der Waals surface area contributed by atoms with Crippen LogP contribution in [-0.2, 0) is 5.75 Å². The van der Waals surface area contributed by atoms with Gasteiger partial charge in [-0.1, -0.05) is 41.6 Å². The highest BCUT2D eigenvalue weighted by atomic mass is 32.2. The predicted molar refractivity (Wildman–Crippen MR) is 99.2 cm³/mol. The maximum absolute atomic E-state index is 13.6. The standard InChI is InChI=1S/C18H16F2N6S/c1-11-7-8-14(12(2)9-11)26-18(22-23-24-26)27-10-16-21-13-5-3-4-6-15(13)25(16)17(19)20/h3-9,17H,10H2,1-2H3. The molecule has 0 aliphatic carbocycles. The molecular formula is C18H16F2N6S. The molecule has 0 amide bonds. The first kappa shape index (κ1) is 17.6. The second-order valence-electron chi connectivity index (χ2n) is 6.12. The van der Waals surface area contributed by atoms with Crippen molar-refractivity contribution in [1.29, 1.82) is 0 Å². The lowest BCUT2D eigenvalue weighted by Crippen LogP contribution is -2.05. The number of alkyl halides is 2. The summed E-state index contributed by atoms with van der Waals surface area (Å²) in [7, 11) is 0. The highest BCUT2D eigenvalue weighted by Gasteiger charge is 2.19. The number of aromatic nitrogens is 6. The number of rotatable bonds is 5. The van der Waals surface area contributed by atoms with E-state index in [0.29, 0.717) is 16.2 Å². The van der Waals surface area contributed by atoms with Gasteiger partial charge in [0.25, 0.3) is 0 Å². The van der Waals surface area contributed by atoms with E-state index in [1.54, 1.807) is 28.9 Å². The minimum atomic E-state index is -2.66. The Balaban J connectivity index is 1.65. The average Bonchev–Trinajstić information content (AvgIpc) is 3.23. The van der Waals surface area contributed by atoms with Crippen LogP contribution in [0, 0.1) is 13.8 Å². The van der Waals surface area contributed by atoms with Gasteiger partial charge in [-0.2, -0.15) is 13.5 Å². The third-order valence-electron chi connectivity index (χ3n) is 4.22. The van der Waals surface area contributed by atoms with Crippen molar-refractivity contribution >= 4 is 22.8 Å². The Morgan fingerprint density at radius 3 is 2.70 bits per heavy atom. The number of aryl methyl sites for hydroxylation is 2. The Kier molecular flexibility index (Phi) is 4.61. The molecule has 0 radical (unpaired) electrons. The molecule has 0 N–H and O–H groups in total. The highest BCUT2D eigenvalue weighted by Crippen LogP contribution is 2.28. The summed E-state index contributed by atoms with van der Waals surface area (Å²) in [5.74, 6) is 0.510. The van der Waals surface area contributed by atoms with Crippen LogP contribution in [0.2, 0.25) is 0 Å². The third kappa shape index (κ3) is 3.30. The van der Waals surface area contributed by atoms with Crippen LogP contribution in [0.4, 0.5) is 8.78 Å². The summed E-state index contributed by atoms with van der Waals surface area (Å²) >= 11 is 1.27. The minimum Gasteiger partial charge on any atom is -0.269 e. The number of halogens is 2. The summed E-state index contributed by atoms with van der Waals surface area (Å²) in [6.07, 6.45) is 0. The maximum Gasteiger partial charge on any atom is 0.320 e. The first-order valence-corrected chi connectivity index (χ1v) is 9.26. The van der Waals surface area contributed by atoms with Crippen molar-refractivity contribution in [3.8, 4) is 5.69 Å². The van der Waals surface area contributed by atoms with Gasteiger partial charge >= 0.3 is 6.55 Å². The number of benzene rings is 2. The van der Waals surface area contributed by atoms with E-state index in [1.807, 2.05) is 32.0 Å². The Labute approximate surface area is 158 Å². The van der Waals surface area contributed by atoms with Gasteiger partial charge < -0.3 is 0 Å². The second kappa shape index (κ2) is 7.07. The van der Waals surface area contributed by atoms with Crippen molar-refractivity contribution in [3.63, 3.8) is 0 Å². The lowest BCUT2D eigenvalue weighted by Gasteiger charge is -2.09. The van der Waals surface area contributed by atoms with Gasteiger partial charge in [-0.05, 0) is 48.0 Å². The van der Waals surface area contributed by atoms with Crippen molar-refractivity contribution in [2.24, 2.45) is 0 Å². The molecule has 0 fully saturated rings. The van der Waals surface area contributed by atoms with Crippen molar-refractivity contribution < 1.29 is 8.78 Å². The zero-order valence-electron chi connectivity index (χ0n) is 14.7. The second-order valence-corrected chi connectivity index (χ2v) is 7.06. The van der Waals surface area contributed by atoms with E-state index >= 15 is 0 Å². The van der Waals surface area contributed by atoms with Gasteiger partial charge in [0.2, 0.25) is 5.16 Å². The molecule has 0 bridgehead atoms. The van der Waals surface area contributed by atoms with E-state index in [9.17, 15) is 8.78 Å².